The fourth-order valence-electron chi connectivity index (χ4n) is 2.55. The van der Waals surface area contributed by atoms with Crippen molar-refractivity contribution in [3.8, 4) is 0 Å². The summed E-state index contributed by atoms with van der Waals surface area (Å²) in [5.74, 6) is 0.526. The number of aliphatic imine (C=N–C) groups is 1. The van der Waals surface area contributed by atoms with Crippen LogP contribution in [0, 0.1) is 5.92 Å². The van der Waals surface area contributed by atoms with Gasteiger partial charge in [-0.1, -0.05) is 25.3 Å². The smallest absolute Gasteiger partial charge is 0.223 e. The molecule has 0 bridgehead atoms. The highest BCUT2D eigenvalue weighted by atomic mass is 16.1. The summed E-state index contributed by atoms with van der Waals surface area (Å²) >= 11 is 0. The van der Waals surface area contributed by atoms with E-state index in [0.717, 1.165) is 44.3 Å². The average molecular weight is 234 g/mol. The number of nitrogens with zero attached hydrogens (tertiary/aromatic N) is 1. The SMILES string of the molecule is O=C(NCCC1=CCCC=N1)C1CCCCC1. The number of rotatable bonds is 4. The van der Waals surface area contributed by atoms with Gasteiger partial charge in [-0.15, -0.1) is 0 Å². The first-order valence-corrected chi connectivity index (χ1v) is 6.85. The van der Waals surface area contributed by atoms with Crippen molar-refractivity contribution in [2.45, 2.75) is 51.4 Å². The minimum absolute atomic E-state index is 0.255. The van der Waals surface area contributed by atoms with E-state index >= 15 is 0 Å². The molecule has 1 N–H and O–H groups in total. The molecular weight excluding hydrogens is 212 g/mol. The quantitative estimate of drug-likeness (QED) is 0.798. The maximum Gasteiger partial charge on any atom is 0.223 e. The summed E-state index contributed by atoms with van der Waals surface area (Å²) in [5.41, 5.74) is 1.13. The number of allylic oxidation sites excluding steroid dienone is 1. The molecule has 0 atom stereocenters. The molecule has 3 heteroatoms. The van der Waals surface area contributed by atoms with E-state index in [1.807, 2.05) is 6.21 Å². The molecule has 0 radical (unpaired) electrons. The highest BCUT2D eigenvalue weighted by Gasteiger charge is 2.20. The van der Waals surface area contributed by atoms with E-state index in [0.29, 0.717) is 0 Å². The van der Waals surface area contributed by atoms with Crippen molar-refractivity contribution >= 4 is 12.1 Å². The Balaban J connectivity index is 1.65. The first kappa shape index (κ1) is 12.3. The minimum Gasteiger partial charge on any atom is -0.355 e. The monoisotopic (exact) mass is 234 g/mol. The van der Waals surface area contributed by atoms with Crippen molar-refractivity contribution in [2.24, 2.45) is 10.9 Å². The van der Waals surface area contributed by atoms with Crippen molar-refractivity contribution in [3.63, 3.8) is 0 Å². The Hall–Kier alpha value is -1.12. The van der Waals surface area contributed by atoms with Gasteiger partial charge in [-0.2, -0.15) is 0 Å². The van der Waals surface area contributed by atoms with E-state index in [1.54, 1.807) is 0 Å². The molecule has 0 spiro atoms. The zero-order valence-corrected chi connectivity index (χ0v) is 10.5. The van der Waals surface area contributed by atoms with Gasteiger partial charge in [0.25, 0.3) is 0 Å². The Labute approximate surface area is 103 Å². The Morgan fingerprint density at radius 2 is 2.12 bits per heavy atom. The number of hydrogen-bond acceptors (Lipinski definition) is 2. The fourth-order valence-corrected chi connectivity index (χ4v) is 2.55. The zero-order chi connectivity index (χ0) is 11.9. The Bertz CT molecular complexity index is 314. The van der Waals surface area contributed by atoms with Gasteiger partial charge in [-0.3, -0.25) is 9.79 Å². The number of amides is 1. The van der Waals surface area contributed by atoms with E-state index in [1.165, 1.54) is 19.3 Å². The van der Waals surface area contributed by atoms with Gasteiger partial charge in [0, 0.05) is 30.8 Å². The highest BCUT2D eigenvalue weighted by molar-refractivity contribution is 5.78. The number of carbonyl (C=O) groups is 1. The summed E-state index contributed by atoms with van der Waals surface area (Å²) in [4.78, 5) is 16.2. The Kier molecular flexibility index (Phi) is 4.77. The van der Waals surface area contributed by atoms with Crippen molar-refractivity contribution in [3.05, 3.63) is 11.8 Å². The van der Waals surface area contributed by atoms with Crippen LogP contribution in [0.3, 0.4) is 0 Å². The third kappa shape index (κ3) is 3.99. The molecule has 1 amide bonds. The average Bonchev–Trinajstić information content (AvgIpc) is 2.41. The molecule has 0 aromatic carbocycles. The van der Waals surface area contributed by atoms with Gasteiger partial charge in [-0.05, 0) is 25.7 Å². The van der Waals surface area contributed by atoms with E-state index in [-0.39, 0.29) is 11.8 Å². The third-order valence-corrected chi connectivity index (χ3v) is 3.59. The van der Waals surface area contributed by atoms with Crippen LogP contribution in [-0.2, 0) is 4.79 Å². The summed E-state index contributed by atoms with van der Waals surface area (Å²) in [6, 6.07) is 0. The van der Waals surface area contributed by atoms with Gasteiger partial charge in [0.2, 0.25) is 5.91 Å². The lowest BCUT2D eigenvalue weighted by Crippen LogP contribution is -2.32. The van der Waals surface area contributed by atoms with Gasteiger partial charge >= 0.3 is 0 Å². The van der Waals surface area contributed by atoms with E-state index < -0.39 is 0 Å². The van der Waals surface area contributed by atoms with Crippen molar-refractivity contribution in [2.75, 3.05) is 6.54 Å². The fraction of sp³-hybridized carbons (Fsp3) is 0.714. The molecule has 1 saturated carbocycles. The molecule has 94 valence electrons. The van der Waals surface area contributed by atoms with Crippen LogP contribution in [0.1, 0.15) is 51.4 Å². The van der Waals surface area contributed by atoms with Crippen LogP contribution in [0.15, 0.2) is 16.8 Å². The standard InChI is InChI=1S/C14H22N2O/c17-14(12-6-2-1-3-7-12)16-11-9-13-8-4-5-10-15-13/h8,10,12H,1-7,9,11H2,(H,16,17). The normalized spacial score (nSPS) is 21.1. The molecule has 2 rings (SSSR count). The van der Waals surface area contributed by atoms with Crippen molar-refractivity contribution in [1.29, 1.82) is 0 Å². The Morgan fingerprint density at radius 1 is 1.29 bits per heavy atom. The van der Waals surface area contributed by atoms with Gasteiger partial charge in [-0.25, -0.2) is 0 Å². The van der Waals surface area contributed by atoms with Crippen LogP contribution in [0.4, 0.5) is 0 Å². The molecule has 1 heterocycles. The van der Waals surface area contributed by atoms with Crippen LogP contribution in [0.5, 0.6) is 0 Å². The molecule has 1 fully saturated rings. The Morgan fingerprint density at radius 3 is 2.82 bits per heavy atom. The molecule has 0 unspecified atom stereocenters. The molecule has 0 aromatic heterocycles. The highest BCUT2D eigenvalue weighted by Crippen LogP contribution is 2.23. The van der Waals surface area contributed by atoms with Gasteiger partial charge < -0.3 is 5.32 Å². The first-order valence-electron chi connectivity index (χ1n) is 6.85. The number of nitrogens with one attached hydrogen (secondary N) is 1. The summed E-state index contributed by atoms with van der Waals surface area (Å²) in [6.07, 6.45) is 13.0. The first-order chi connectivity index (χ1) is 8.36. The topological polar surface area (TPSA) is 41.5 Å². The van der Waals surface area contributed by atoms with E-state index in [9.17, 15) is 4.79 Å². The summed E-state index contributed by atoms with van der Waals surface area (Å²) in [6.45, 7) is 0.735. The predicted molar refractivity (Wildman–Crippen MR) is 70.0 cm³/mol. The number of carbonyl (C=O) groups excluding carboxylic acids is 1. The summed E-state index contributed by atoms with van der Waals surface area (Å²) in [5, 5.41) is 3.05. The van der Waals surface area contributed by atoms with E-state index in [2.05, 4.69) is 16.4 Å². The second kappa shape index (κ2) is 6.58. The van der Waals surface area contributed by atoms with E-state index in [4.69, 9.17) is 0 Å². The molecule has 17 heavy (non-hydrogen) atoms. The van der Waals surface area contributed by atoms with Gasteiger partial charge in [0.05, 0.1) is 0 Å². The maximum atomic E-state index is 11.9. The van der Waals surface area contributed by atoms with Crippen LogP contribution < -0.4 is 5.32 Å². The van der Waals surface area contributed by atoms with Gasteiger partial charge in [0.15, 0.2) is 0 Å². The lowest BCUT2D eigenvalue weighted by Gasteiger charge is -2.20. The van der Waals surface area contributed by atoms with Crippen LogP contribution in [-0.4, -0.2) is 18.7 Å². The van der Waals surface area contributed by atoms with Crippen molar-refractivity contribution in [1.82, 2.24) is 5.32 Å². The lowest BCUT2D eigenvalue weighted by molar-refractivity contribution is -0.125. The molecule has 0 aromatic rings. The summed E-state index contributed by atoms with van der Waals surface area (Å²) in [7, 11) is 0. The minimum atomic E-state index is 0.255. The van der Waals surface area contributed by atoms with Crippen LogP contribution >= 0.6 is 0 Å². The second-order valence-electron chi connectivity index (χ2n) is 4.96. The molecule has 0 saturated heterocycles. The molecule has 3 nitrogen and oxygen atoms in total. The third-order valence-electron chi connectivity index (χ3n) is 3.59. The predicted octanol–water partition coefficient (Wildman–Crippen LogP) is 2.82. The second-order valence-corrected chi connectivity index (χ2v) is 4.96. The largest absolute Gasteiger partial charge is 0.355 e. The zero-order valence-electron chi connectivity index (χ0n) is 10.5. The molecular formula is C14H22N2O. The van der Waals surface area contributed by atoms with Crippen LogP contribution in [0.2, 0.25) is 0 Å². The maximum absolute atomic E-state index is 11.9. The number of hydrogen-bond donors (Lipinski definition) is 1. The molecule has 2 aliphatic rings. The summed E-state index contributed by atoms with van der Waals surface area (Å²) < 4.78 is 0. The van der Waals surface area contributed by atoms with Crippen molar-refractivity contribution < 1.29 is 4.79 Å². The van der Waals surface area contributed by atoms with Crippen LogP contribution in [0.25, 0.3) is 0 Å². The lowest BCUT2D eigenvalue weighted by atomic mass is 9.89. The van der Waals surface area contributed by atoms with Gasteiger partial charge in [0.1, 0.15) is 0 Å². The molecule has 1 aliphatic heterocycles. The molecule has 1 aliphatic carbocycles.